The number of hydroxylamine groups is 1. The molecule has 3 aliphatic rings. The van der Waals surface area contributed by atoms with Crippen LogP contribution in [0.25, 0.3) is 0 Å². The van der Waals surface area contributed by atoms with Crippen LogP contribution in [0.15, 0.2) is 72.8 Å². The molecule has 3 N–H and O–H groups in total. The number of anilines is 1. The van der Waals surface area contributed by atoms with Gasteiger partial charge in [-0.2, -0.15) is 5.48 Å². The summed E-state index contributed by atoms with van der Waals surface area (Å²) in [6, 6.07) is 15.3. The van der Waals surface area contributed by atoms with Gasteiger partial charge in [0.25, 0.3) is 11.8 Å². The molecule has 0 bridgehead atoms. The van der Waals surface area contributed by atoms with Gasteiger partial charge < -0.3 is 67.8 Å². The molecule has 2 heterocycles. The average molecular weight is 1180 g/mol. The van der Waals surface area contributed by atoms with Crippen molar-refractivity contribution in [2.24, 2.45) is 0 Å². The van der Waals surface area contributed by atoms with Crippen molar-refractivity contribution in [2.75, 3.05) is 163 Å². The minimum Gasteiger partial charge on any atom is -0.445 e. The van der Waals surface area contributed by atoms with E-state index in [0.29, 0.717) is 79.1 Å². The molecule has 0 aromatic heterocycles. The number of allylic oxidation sites excluding steroid dienone is 2. The van der Waals surface area contributed by atoms with Crippen molar-refractivity contribution in [3.8, 4) is 11.8 Å². The summed E-state index contributed by atoms with van der Waals surface area (Å²) >= 11 is 0. The number of hydrogen-bond acceptors (Lipinski definition) is 18. The molecule has 5 rings (SSSR count). The first-order valence-electron chi connectivity index (χ1n) is 28.9. The predicted molar refractivity (Wildman–Crippen MR) is 306 cm³/mol. The first-order valence-corrected chi connectivity index (χ1v) is 28.9. The van der Waals surface area contributed by atoms with Crippen LogP contribution in [0.1, 0.15) is 74.5 Å². The highest BCUT2D eigenvalue weighted by atomic mass is 16.7. The third-order valence-electron chi connectivity index (χ3n) is 12.9. The molecule has 462 valence electrons. The van der Waals surface area contributed by atoms with E-state index in [2.05, 4.69) is 40.1 Å². The van der Waals surface area contributed by atoms with Crippen molar-refractivity contribution < 1.29 is 85.8 Å². The van der Waals surface area contributed by atoms with Gasteiger partial charge in [-0.15, -0.1) is 0 Å². The van der Waals surface area contributed by atoms with Gasteiger partial charge in [-0.05, 0) is 55.9 Å². The number of amides is 7. The van der Waals surface area contributed by atoms with Crippen LogP contribution in [0, 0.1) is 11.8 Å². The van der Waals surface area contributed by atoms with E-state index in [4.69, 9.17) is 52.2 Å². The van der Waals surface area contributed by atoms with E-state index in [0.717, 1.165) is 59.4 Å². The molecule has 7 amide bonds. The maximum absolute atomic E-state index is 13.4. The highest BCUT2D eigenvalue weighted by Crippen LogP contribution is 2.26. The molecule has 1 aliphatic carbocycles. The van der Waals surface area contributed by atoms with Gasteiger partial charge in [-0.25, -0.2) is 4.79 Å². The Bertz CT molecular complexity index is 2410. The van der Waals surface area contributed by atoms with Crippen LogP contribution in [-0.4, -0.2) is 216 Å². The fraction of sp³-hybridized carbons (Fsp3) is 0.583. The summed E-state index contributed by atoms with van der Waals surface area (Å²) in [6.07, 6.45) is 10.5. The summed E-state index contributed by atoms with van der Waals surface area (Å²) in [6.45, 7) is 6.95. The van der Waals surface area contributed by atoms with E-state index in [9.17, 15) is 33.6 Å². The molecule has 0 spiro atoms. The molecule has 0 unspecified atom stereocenters. The second-order valence-corrected chi connectivity index (χ2v) is 19.1. The molecule has 2 aromatic carbocycles. The smallest absolute Gasteiger partial charge is 0.431 e. The van der Waals surface area contributed by atoms with Crippen molar-refractivity contribution in [3.63, 3.8) is 0 Å². The largest absolute Gasteiger partial charge is 0.445 e. The lowest BCUT2D eigenvalue weighted by Crippen LogP contribution is -2.37. The van der Waals surface area contributed by atoms with Crippen LogP contribution in [0.5, 0.6) is 0 Å². The van der Waals surface area contributed by atoms with Crippen LogP contribution in [-0.2, 0) is 87.5 Å². The van der Waals surface area contributed by atoms with Gasteiger partial charge in [0.1, 0.15) is 6.10 Å². The van der Waals surface area contributed by atoms with E-state index in [1.807, 2.05) is 48.5 Å². The zero-order valence-electron chi connectivity index (χ0n) is 48.2. The third kappa shape index (κ3) is 29.3. The Hall–Kier alpha value is -6.63. The molecule has 24 heteroatoms. The Kier molecular flexibility index (Phi) is 34.9. The van der Waals surface area contributed by atoms with E-state index in [-0.39, 0.29) is 141 Å². The SMILES string of the molecule is O=C(CCC(=O)N1Cc2ccccc2C#Cc2ccccc21)NCCOCCOCCOCCN(CCOCCOCCONC(=O)O[C@H]1CC/C=C/CCC1)C(=O)CCOCCOCCOCCOCCNC(=O)CCN1C(=O)C=CC1=O. The lowest BCUT2D eigenvalue weighted by molar-refractivity contribution is -0.137. The van der Waals surface area contributed by atoms with Crippen LogP contribution < -0.4 is 21.0 Å². The fourth-order valence-electron chi connectivity index (χ4n) is 8.41. The molecule has 2 aliphatic heterocycles. The van der Waals surface area contributed by atoms with Crippen molar-refractivity contribution in [1.82, 2.24) is 25.9 Å². The monoisotopic (exact) mass is 1180 g/mol. The standard InChI is InChI=1S/C60H84N6O18/c67-54(18-19-59(72)66-48-51-12-7-6-10-49(51)16-17-50-11-8-9-15-53(50)66)61-24-30-75-35-40-80-42-37-77-32-27-64(28-33-78-38-43-82-46-47-83-63-60(73)84-52-13-4-2-1-3-5-14-52)56(69)23-29-74-34-39-79-44-45-81-41-36-76-31-25-62-55(68)22-26-65-57(70)20-21-58(65)71/h1-2,6-12,15,20-21,52H,3-5,13-14,18-19,22-48H2,(H,61,67)(H,62,68)(H,63,73)/b2-1+/t52-/m0/s1. The van der Waals surface area contributed by atoms with Crippen LogP contribution in [0.3, 0.4) is 0 Å². The number of carbonyl (C=O) groups excluding carboxylic acids is 7. The van der Waals surface area contributed by atoms with Gasteiger partial charge in [0.05, 0.1) is 144 Å². The maximum Gasteiger partial charge on any atom is 0.431 e. The van der Waals surface area contributed by atoms with Gasteiger partial charge in [-0.3, -0.25) is 38.5 Å². The molecule has 84 heavy (non-hydrogen) atoms. The molecular formula is C60H84N6O18. The minimum atomic E-state index is -0.618. The summed E-state index contributed by atoms with van der Waals surface area (Å²) < 4.78 is 56.0. The summed E-state index contributed by atoms with van der Waals surface area (Å²) in [4.78, 5) is 96.1. The number of nitrogens with one attached hydrogen (secondary N) is 3. The van der Waals surface area contributed by atoms with Crippen LogP contribution in [0.4, 0.5) is 10.5 Å². The number of ether oxygens (including phenoxy) is 10. The normalized spacial score (nSPS) is 14.9. The van der Waals surface area contributed by atoms with E-state index >= 15 is 0 Å². The van der Waals surface area contributed by atoms with Crippen molar-refractivity contribution in [1.29, 1.82) is 0 Å². The number of carbonyl (C=O) groups is 7. The third-order valence-corrected chi connectivity index (χ3v) is 12.9. The highest BCUT2D eigenvalue weighted by molar-refractivity contribution is 6.13. The lowest BCUT2D eigenvalue weighted by atomic mass is 10.0. The van der Waals surface area contributed by atoms with E-state index in [1.165, 1.54) is 12.2 Å². The number of benzene rings is 2. The average Bonchev–Trinajstić information content (AvgIpc) is 3.99. The molecule has 24 nitrogen and oxygen atoms in total. The fourth-order valence-corrected chi connectivity index (χ4v) is 8.41. The number of para-hydroxylation sites is 1. The summed E-state index contributed by atoms with van der Waals surface area (Å²) in [7, 11) is 0. The highest BCUT2D eigenvalue weighted by Gasteiger charge is 2.24. The van der Waals surface area contributed by atoms with Gasteiger partial charge in [0.2, 0.25) is 23.6 Å². The van der Waals surface area contributed by atoms with Crippen molar-refractivity contribution in [2.45, 2.75) is 70.4 Å². The summed E-state index contributed by atoms with van der Waals surface area (Å²) in [5.41, 5.74) is 5.60. The van der Waals surface area contributed by atoms with Gasteiger partial charge in [0, 0.05) is 75.3 Å². The molecule has 0 saturated heterocycles. The Balaban J connectivity index is 0.863. The number of nitrogens with zero attached hydrogens (tertiary/aromatic N) is 3. The second-order valence-electron chi connectivity index (χ2n) is 19.1. The van der Waals surface area contributed by atoms with Crippen LogP contribution >= 0.6 is 0 Å². The summed E-state index contributed by atoms with van der Waals surface area (Å²) in [5.74, 6) is 4.73. The van der Waals surface area contributed by atoms with Crippen LogP contribution in [0.2, 0.25) is 0 Å². The van der Waals surface area contributed by atoms with Gasteiger partial charge >= 0.3 is 6.09 Å². The Labute approximate surface area is 492 Å². The number of hydrogen-bond donors (Lipinski definition) is 3. The molecule has 0 radical (unpaired) electrons. The zero-order chi connectivity index (χ0) is 59.5. The topological polar surface area (TPSA) is 267 Å². The Morgan fingerprint density at radius 3 is 1.68 bits per heavy atom. The number of imide groups is 1. The molecular weight excluding hydrogens is 1090 g/mol. The Morgan fingerprint density at radius 1 is 0.536 bits per heavy atom. The van der Waals surface area contributed by atoms with Crippen molar-refractivity contribution >= 4 is 47.2 Å². The maximum atomic E-state index is 13.4. The number of fused-ring (bicyclic) bond motifs is 2. The first kappa shape index (κ1) is 68.2. The Morgan fingerprint density at radius 2 is 1.05 bits per heavy atom. The van der Waals surface area contributed by atoms with E-state index in [1.54, 1.807) is 9.80 Å². The molecule has 0 saturated carbocycles. The molecule has 1 atom stereocenters. The lowest BCUT2D eigenvalue weighted by Gasteiger charge is -2.26. The second kappa shape index (κ2) is 43.1. The first-order chi connectivity index (χ1) is 41.2. The summed E-state index contributed by atoms with van der Waals surface area (Å²) in [5, 5.41) is 5.49. The minimum absolute atomic E-state index is 0.0147. The number of rotatable bonds is 44. The van der Waals surface area contributed by atoms with Gasteiger partial charge in [0.15, 0.2) is 0 Å². The molecule has 0 fully saturated rings. The molecule has 2 aromatic rings. The van der Waals surface area contributed by atoms with Gasteiger partial charge in [-0.1, -0.05) is 54.3 Å². The van der Waals surface area contributed by atoms with Crippen molar-refractivity contribution in [3.05, 3.63) is 89.5 Å². The predicted octanol–water partition coefficient (Wildman–Crippen LogP) is 3.18. The zero-order valence-corrected chi connectivity index (χ0v) is 48.2. The quantitative estimate of drug-likeness (QED) is 0.0283. The van der Waals surface area contributed by atoms with E-state index < -0.39 is 17.9 Å².